The van der Waals surface area contributed by atoms with Gasteiger partial charge in [-0.1, -0.05) is 19.1 Å². The van der Waals surface area contributed by atoms with Crippen molar-refractivity contribution in [1.29, 1.82) is 0 Å². The first-order valence-corrected chi connectivity index (χ1v) is 5.87. The smallest absolute Gasteiger partial charge is 0.0996 e. The fourth-order valence-electron chi connectivity index (χ4n) is 1.32. The van der Waals surface area contributed by atoms with Crippen molar-refractivity contribution in [2.75, 3.05) is 26.9 Å². The van der Waals surface area contributed by atoms with Crippen molar-refractivity contribution in [3.63, 3.8) is 0 Å². The summed E-state index contributed by atoms with van der Waals surface area (Å²) in [6, 6.07) is -0.0573. The molecular weight excluding hydrogens is 220 g/mol. The highest BCUT2D eigenvalue weighted by Crippen LogP contribution is 2.15. The van der Waals surface area contributed by atoms with Crippen LogP contribution in [0.2, 0.25) is 0 Å². The number of nitrogens with two attached hydrogens (primary N) is 1. The van der Waals surface area contributed by atoms with Crippen molar-refractivity contribution >= 4 is 0 Å². The van der Waals surface area contributed by atoms with Gasteiger partial charge in [-0.2, -0.15) is 0 Å². The van der Waals surface area contributed by atoms with Crippen LogP contribution in [-0.4, -0.2) is 41.9 Å². The molecule has 1 aromatic rings. The Hall–Kier alpha value is -0.980. The fourth-order valence-corrected chi connectivity index (χ4v) is 1.32. The molecule has 0 saturated carbocycles. The fraction of sp³-hybridized carbons (Fsp3) is 0.818. The molecule has 98 valence electrons. The Bertz CT molecular complexity index is 314. The summed E-state index contributed by atoms with van der Waals surface area (Å²) in [6.45, 7) is 6.63. The Balaban J connectivity index is 2.31. The Morgan fingerprint density at radius 1 is 1.35 bits per heavy atom. The minimum absolute atomic E-state index is 0.0573. The second kappa shape index (κ2) is 7.37. The van der Waals surface area contributed by atoms with Crippen molar-refractivity contribution < 1.29 is 9.47 Å². The van der Waals surface area contributed by atoms with Gasteiger partial charge in [-0.05, 0) is 5.92 Å². The van der Waals surface area contributed by atoms with Crippen molar-refractivity contribution in [1.82, 2.24) is 15.0 Å². The van der Waals surface area contributed by atoms with Crippen LogP contribution in [0.25, 0.3) is 0 Å². The maximum atomic E-state index is 5.98. The lowest BCUT2D eigenvalue weighted by Gasteiger charge is -2.11. The lowest BCUT2D eigenvalue weighted by Crippen LogP contribution is -2.17. The van der Waals surface area contributed by atoms with Crippen LogP contribution in [0.5, 0.6) is 0 Å². The predicted octanol–water partition coefficient (Wildman–Crippen LogP) is 0.597. The zero-order valence-corrected chi connectivity index (χ0v) is 10.8. The van der Waals surface area contributed by atoms with Gasteiger partial charge in [0.2, 0.25) is 0 Å². The number of nitrogens with zero attached hydrogens (tertiary/aromatic N) is 3. The molecule has 0 radical (unpaired) electrons. The van der Waals surface area contributed by atoms with Gasteiger partial charge >= 0.3 is 0 Å². The molecule has 2 N–H and O–H groups in total. The Morgan fingerprint density at radius 2 is 2.12 bits per heavy atom. The van der Waals surface area contributed by atoms with E-state index in [4.69, 9.17) is 15.2 Å². The molecule has 17 heavy (non-hydrogen) atoms. The monoisotopic (exact) mass is 242 g/mol. The third kappa shape index (κ3) is 4.80. The van der Waals surface area contributed by atoms with Gasteiger partial charge in [-0.3, -0.25) is 0 Å². The van der Waals surface area contributed by atoms with Crippen LogP contribution < -0.4 is 5.73 Å². The second-order valence-corrected chi connectivity index (χ2v) is 4.28. The minimum Gasteiger partial charge on any atom is -0.382 e. The number of ether oxygens (including phenoxy) is 2. The second-order valence-electron chi connectivity index (χ2n) is 4.28. The normalized spacial score (nSPS) is 13.2. The van der Waals surface area contributed by atoms with Crippen LogP contribution in [-0.2, 0) is 16.0 Å². The van der Waals surface area contributed by atoms with Gasteiger partial charge in [0.15, 0.2) is 0 Å². The SMILES string of the molecule is COCCOCCn1cc(C(N)C(C)C)nn1. The van der Waals surface area contributed by atoms with E-state index in [9.17, 15) is 0 Å². The van der Waals surface area contributed by atoms with E-state index in [-0.39, 0.29) is 6.04 Å². The summed E-state index contributed by atoms with van der Waals surface area (Å²) in [5, 5.41) is 8.07. The minimum atomic E-state index is -0.0573. The summed E-state index contributed by atoms with van der Waals surface area (Å²) in [7, 11) is 1.65. The van der Waals surface area contributed by atoms with E-state index in [0.717, 1.165) is 5.69 Å². The maximum Gasteiger partial charge on any atom is 0.0996 e. The average Bonchev–Trinajstić information content (AvgIpc) is 2.76. The number of methoxy groups -OCH3 is 1. The Morgan fingerprint density at radius 3 is 2.76 bits per heavy atom. The molecule has 0 aliphatic heterocycles. The summed E-state index contributed by atoms with van der Waals surface area (Å²) in [6.07, 6.45) is 1.88. The highest BCUT2D eigenvalue weighted by atomic mass is 16.5. The van der Waals surface area contributed by atoms with E-state index in [1.807, 2.05) is 6.20 Å². The van der Waals surface area contributed by atoms with Crippen LogP contribution in [0, 0.1) is 5.92 Å². The lowest BCUT2D eigenvalue weighted by molar-refractivity contribution is 0.0652. The molecule has 0 bridgehead atoms. The third-order valence-electron chi connectivity index (χ3n) is 2.51. The summed E-state index contributed by atoms with van der Waals surface area (Å²) in [4.78, 5) is 0. The number of hydrogen-bond acceptors (Lipinski definition) is 5. The molecule has 0 fully saturated rings. The molecule has 1 unspecified atom stereocenters. The number of hydrogen-bond donors (Lipinski definition) is 1. The zero-order chi connectivity index (χ0) is 12.7. The molecule has 1 heterocycles. The van der Waals surface area contributed by atoms with Crippen molar-refractivity contribution in [2.24, 2.45) is 11.7 Å². The quantitative estimate of drug-likeness (QED) is 0.675. The van der Waals surface area contributed by atoms with Crippen molar-refractivity contribution in [3.8, 4) is 0 Å². The Labute approximate surface area is 102 Å². The van der Waals surface area contributed by atoms with E-state index < -0.39 is 0 Å². The molecule has 0 saturated heterocycles. The average molecular weight is 242 g/mol. The largest absolute Gasteiger partial charge is 0.382 e. The Kier molecular flexibility index (Phi) is 6.10. The topological polar surface area (TPSA) is 75.2 Å². The van der Waals surface area contributed by atoms with E-state index in [0.29, 0.717) is 32.3 Å². The first-order chi connectivity index (χ1) is 8.15. The van der Waals surface area contributed by atoms with Crippen molar-refractivity contribution in [2.45, 2.75) is 26.4 Å². The first-order valence-electron chi connectivity index (χ1n) is 5.87. The van der Waals surface area contributed by atoms with Crippen LogP contribution in [0.4, 0.5) is 0 Å². The van der Waals surface area contributed by atoms with Crippen LogP contribution in [0.15, 0.2) is 6.20 Å². The van der Waals surface area contributed by atoms with E-state index in [2.05, 4.69) is 24.2 Å². The van der Waals surface area contributed by atoms with E-state index >= 15 is 0 Å². The molecular formula is C11H22N4O2. The summed E-state index contributed by atoms with van der Waals surface area (Å²) in [5.41, 5.74) is 6.81. The highest BCUT2D eigenvalue weighted by molar-refractivity contribution is 5.00. The van der Waals surface area contributed by atoms with Crippen LogP contribution in [0.1, 0.15) is 25.6 Å². The van der Waals surface area contributed by atoms with Gasteiger partial charge in [-0.25, -0.2) is 4.68 Å². The molecule has 0 aliphatic carbocycles. The van der Waals surface area contributed by atoms with E-state index in [1.54, 1.807) is 11.8 Å². The number of aromatic nitrogens is 3. The molecule has 0 aromatic carbocycles. The van der Waals surface area contributed by atoms with Gasteiger partial charge in [0.1, 0.15) is 0 Å². The lowest BCUT2D eigenvalue weighted by atomic mass is 10.0. The molecule has 6 heteroatoms. The van der Waals surface area contributed by atoms with Gasteiger partial charge < -0.3 is 15.2 Å². The molecule has 0 amide bonds. The molecule has 1 rings (SSSR count). The van der Waals surface area contributed by atoms with Gasteiger partial charge in [0.25, 0.3) is 0 Å². The van der Waals surface area contributed by atoms with E-state index in [1.165, 1.54) is 0 Å². The first kappa shape index (κ1) is 14.1. The predicted molar refractivity (Wildman–Crippen MR) is 64.5 cm³/mol. The van der Waals surface area contributed by atoms with Crippen LogP contribution in [0.3, 0.4) is 0 Å². The van der Waals surface area contributed by atoms with Gasteiger partial charge in [-0.15, -0.1) is 5.10 Å². The third-order valence-corrected chi connectivity index (χ3v) is 2.51. The maximum absolute atomic E-state index is 5.98. The molecule has 1 atom stereocenters. The molecule has 0 aliphatic rings. The standard InChI is InChI=1S/C11H22N4O2/c1-9(2)11(12)10-8-15(14-13-10)4-5-17-7-6-16-3/h8-9,11H,4-7,12H2,1-3H3. The highest BCUT2D eigenvalue weighted by Gasteiger charge is 2.13. The van der Waals surface area contributed by atoms with Crippen molar-refractivity contribution in [3.05, 3.63) is 11.9 Å². The van der Waals surface area contributed by atoms with Gasteiger partial charge in [0, 0.05) is 7.11 Å². The van der Waals surface area contributed by atoms with Crippen LogP contribution >= 0.6 is 0 Å². The summed E-state index contributed by atoms with van der Waals surface area (Å²) >= 11 is 0. The summed E-state index contributed by atoms with van der Waals surface area (Å²) < 4.78 is 12.0. The summed E-state index contributed by atoms with van der Waals surface area (Å²) in [5.74, 6) is 0.359. The molecule has 0 spiro atoms. The zero-order valence-electron chi connectivity index (χ0n) is 10.8. The number of rotatable bonds is 8. The molecule has 1 aromatic heterocycles. The molecule has 6 nitrogen and oxygen atoms in total. The van der Waals surface area contributed by atoms with Gasteiger partial charge in [0.05, 0.1) is 44.3 Å².